The molecule has 1 aliphatic rings. The minimum atomic E-state index is 0.0831. The second-order valence-corrected chi connectivity index (χ2v) is 4.99. The van der Waals surface area contributed by atoms with E-state index in [-0.39, 0.29) is 12.1 Å². The molecule has 4 N–H and O–H groups in total. The van der Waals surface area contributed by atoms with Crippen molar-refractivity contribution in [1.82, 2.24) is 5.32 Å². The average Bonchev–Trinajstić information content (AvgIpc) is 2.13. The van der Waals surface area contributed by atoms with Gasteiger partial charge >= 0.3 is 0 Å². The lowest BCUT2D eigenvalue weighted by Crippen LogP contribution is -2.56. The van der Waals surface area contributed by atoms with Gasteiger partial charge in [0, 0.05) is 18.6 Å². The van der Waals surface area contributed by atoms with Crippen LogP contribution in [0.5, 0.6) is 0 Å². The number of nitrogens with two attached hydrogens (primary N) is 1. The molecule has 0 aromatic rings. The molecule has 1 fully saturated rings. The molecule has 0 aromatic heterocycles. The van der Waals surface area contributed by atoms with Crippen LogP contribution >= 0.6 is 0 Å². The highest BCUT2D eigenvalue weighted by Gasteiger charge is 2.35. The van der Waals surface area contributed by atoms with Crippen LogP contribution in [0.1, 0.15) is 33.1 Å². The maximum Gasteiger partial charge on any atom is 0.0556 e. The summed E-state index contributed by atoms with van der Waals surface area (Å²) in [6.07, 6.45) is 3.60. The van der Waals surface area contributed by atoms with E-state index in [1.165, 1.54) is 6.42 Å². The van der Waals surface area contributed by atoms with Crippen molar-refractivity contribution in [3.05, 3.63) is 0 Å². The SMILES string of the molecule is CC1CC(C)CC(CN)(NCCO)C1. The summed E-state index contributed by atoms with van der Waals surface area (Å²) in [5.41, 5.74) is 5.94. The Bertz CT molecular complexity index is 163. The highest BCUT2D eigenvalue weighted by atomic mass is 16.3. The summed E-state index contributed by atoms with van der Waals surface area (Å²) in [6, 6.07) is 0. The summed E-state index contributed by atoms with van der Waals surface area (Å²) in [5, 5.41) is 12.3. The van der Waals surface area contributed by atoms with Crippen molar-refractivity contribution >= 4 is 0 Å². The van der Waals surface area contributed by atoms with Crippen molar-refractivity contribution in [1.29, 1.82) is 0 Å². The Labute approximate surface area is 87.1 Å². The Kier molecular flexibility index (Phi) is 4.35. The number of β-amino-alcohol motifs (C(OH)–C–C–N with tert-alkyl or cyclic N) is 1. The van der Waals surface area contributed by atoms with E-state index in [2.05, 4.69) is 19.2 Å². The average molecular weight is 200 g/mol. The van der Waals surface area contributed by atoms with Crippen LogP contribution in [-0.4, -0.2) is 30.3 Å². The zero-order valence-electron chi connectivity index (χ0n) is 9.42. The molecule has 3 nitrogen and oxygen atoms in total. The molecule has 0 aliphatic heterocycles. The molecule has 1 saturated carbocycles. The number of rotatable bonds is 4. The summed E-state index contributed by atoms with van der Waals surface area (Å²) >= 11 is 0. The molecule has 0 heterocycles. The van der Waals surface area contributed by atoms with Gasteiger partial charge in [0.1, 0.15) is 0 Å². The quantitative estimate of drug-likeness (QED) is 0.627. The van der Waals surface area contributed by atoms with Gasteiger partial charge in [-0.25, -0.2) is 0 Å². The second-order valence-electron chi connectivity index (χ2n) is 4.99. The van der Waals surface area contributed by atoms with Gasteiger partial charge in [0.05, 0.1) is 6.61 Å². The van der Waals surface area contributed by atoms with Crippen LogP contribution in [0.15, 0.2) is 0 Å². The molecular formula is C11H24N2O. The van der Waals surface area contributed by atoms with Crippen LogP contribution in [0.25, 0.3) is 0 Å². The number of aliphatic hydroxyl groups is 1. The number of hydrogen-bond donors (Lipinski definition) is 3. The van der Waals surface area contributed by atoms with Gasteiger partial charge in [0.15, 0.2) is 0 Å². The molecule has 3 heteroatoms. The number of nitrogens with one attached hydrogen (secondary N) is 1. The molecule has 0 bridgehead atoms. The molecule has 0 radical (unpaired) electrons. The zero-order chi connectivity index (χ0) is 10.6. The standard InChI is InChI=1S/C11H24N2O/c1-9-5-10(2)7-11(6-9,8-12)13-3-4-14/h9-10,13-14H,3-8,12H2,1-2H3. The van der Waals surface area contributed by atoms with Gasteiger partial charge in [-0.05, 0) is 31.1 Å². The first-order valence-electron chi connectivity index (χ1n) is 5.68. The second kappa shape index (κ2) is 5.10. The van der Waals surface area contributed by atoms with Crippen molar-refractivity contribution < 1.29 is 5.11 Å². The van der Waals surface area contributed by atoms with Crippen LogP contribution in [0.3, 0.4) is 0 Å². The fraction of sp³-hybridized carbons (Fsp3) is 1.00. The fourth-order valence-electron chi connectivity index (χ4n) is 2.98. The third kappa shape index (κ3) is 2.94. The van der Waals surface area contributed by atoms with E-state index in [0.29, 0.717) is 13.1 Å². The van der Waals surface area contributed by atoms with Crippen LogP contribution in [0.4, 0.5) is 0 Å². The minimum Gasteiger partial charge on any atom is -0.395 e. The van der Waals surface area contributed by atoms with Gasteiger partial charge in [-0.2, -0.15) is 0 Å². The minimum absolute atomic E-state index is 0.0831. The van der Waals surface area contributed by atoms with Gasteiger partial charge in [0.2, 0.25) is 0 Å². The Morgan fingerprint density at radius 2 is 1.93 bits per heavy atom. The van der Waals surface area contributed by atoms with E-state index < -0.39 is 0 Å². The molecule has 0 spiro atoms. The van der Waals surface area contributed by atoms with Gasteiger partial charge in [-0.3, -0.25) is 0 Å². The van der Waals surface area contributed by atoms with Crippen molar-refractivity contribution in [3.8, 4) is 0 Å². The van der Waals surface area contributed by atoms with Crippen LogP contribution < -0.4 is 11.1 Å². The maximum absolute atomic E-state index is 8.84. The first-order chi connectivity index (χ1) is 6.62. The molecule has 2 atom stereocenters. The van der Waals surface area contributed by atoms with Gasteiger partial charge in [-0.15, -0.1) is 0 Å². The molecule has 0 saturated heterocycles. The van der Waals surface area contributed by atoms with Crippen molar-refractivity contribution in [3.63, 3.8) is 0 Å². The van der Waals surface area contributed by atoms with Crippen LogP contribution in [0.2, 0.25) is 0 Å². The molecule has 84 valence electrons. The van der Waals surface area contributed by atoms with E-state index >= 15 is 0 Å². The molecular weight excluding hydrogens is 176 g/mol. The highest BCUT2D eigenvalue weighted by molar-refractivity contribution is 4.95. The number of hydrogen-bond acceptors (Lipinski definition) is 3. The zero-order valence-corrected chi connectivity index (χ0v) is 9.42. The smallest absolute Gasteiger partial charge is 0.0556 e. The molecule has 1 rings (SSSR count). The lowest BCUT2D eigenvalue weighted by atomic mass is 9.71. The summed E-state index contributed by atoms with van der Waals surface area (Å²) in [6.45, 7) is 6.13. The summed E-state index contributed by atoms with van der Waals surface area (Å²) < 4.78 is 0. The Hall–Kier alpha value is -0.120. The van der Waals surface area contributed by atoms with Crippen molar-refractivity contribution in [2.45, 2.75) is 38.6 Å². The topological polar surface area (TPSA) is 58.3 Å². The Morgan fingerprint density at radius 3 is 2.36 bits per heavy atom. The summed E-state index contributed by atoms with van der Waals surface area (Å²) in [7, 11) is 0. The fourth-order valence-corrected chi connectivity index (χ4v) is 2.98. The third-order valence-electron chi connectivity index (χ3n) is 3.29. The van der Waals surface area contributed by atoms with E-state index in [1.807, 2.05) is 0 Å². The Morgan fingerprint density at radius 1 is 1.36 bits per heavy atom. The predicted octanol–water partition coefficient (Wildman–Crippen LogP) is 0.722. The lowest BCUT2D eigenvalue weighted by molar-refractivity contribution is 0.141. The Balaban J connectivity index is 2.57. The lowest BCUT2D eigenvalue weighted by Gasteiger charge is -2.43. The van der Waals surface area contributed by atoms with Gasteiger partial charge in [0.25, 0.3) is 0 Å². The summed E-state index contributed by atoms with van der Waals surface area (Å²) in [4.78, 5) is 0. The first-order valence-corrected chi connectivity index (χ1v) is 5.68. The van der Waals surface area contributed by atoms with Crippen molar-refractivity contribution in [2.24, 2.45) is 17.6 Å². The van der Waals surface area contributed by atoms with E-state index in [4.69, 9.17) is 10.8 Å². The van der Waals surface area contributed by atoms with E-state index in [0.717, 1.165) is 24.7 Å². The molecule has 0 aromatic carbocycles. The highest BCUT2D eigenvalue weighted by Crippen LogP contribution is 2.35. The van der Waals surface area contributed by atoms with Crippen LogP contribution in [0, 0.1) is 11.8 Å². The largest absolute Gasteiger partial charge is 0.395 e. The number of aliphatic hydroxyl groups excluding tert-OH is 1. The van der Waals surface area contributed by atoms with E-state index in [9.17, 15) is 0 Å². The third-order valence-corrected chi connectivity index (χ3v) is 3.29. The molecule has 14 heavy (non-hydrogen) atoms. The first kappa shape index (κ1) is 12.0. The normalized spacial score (nSPS) is 38.6. The molecule has 0 amide bonds. The van der Waals surface area contributed by atoms with E-state index in [1.54, 1.807) is 0 Å². The van der Waals surface area contributed by atoms with Crippen molar-refractivity contribution in [2.75, 3.05) is 19.7 Å². The van der Waals surface area contributed by atoms with Gasteiger partial charge < -0.3 is 16.2 Å². The summed E-state index contributed by atoms with van der Waals surface area (Å²) in [5.74, 6) is 1.49. The van der Waals surface area contributed by atoms with Gasteiger partial charge in [-0.1, -0.05) is 13.8 Å². The maximum atomic E-state index is 8.84. The van der Waals surface area contributed by atoms with Crippen LogP contribution in [-0.2, 0) is 0 Å². The predicted molar refractivity (Wildman–Crippen MR) is 59.1 cm³/mol. The monoisotopic (exact) mass is 200 g/mol. The molecule has 1 aliphatic carbocycles. The molecule has 2 unspecified atom stereocenters.